The van der Waals surface area contributed by atoms with E-state index in [4.69, 9.17) is 13.8 Å². The second kappa shape index (κ2) is 18.3. The van der Waals surface area contributed by atoms with Gasteiger partial charge in [0.2, 0.25) is 0 Å². The van der Waals surface area contributed by atoms with Crippen LogP contribution in [0.1, 0.15) is 86.3 Å². The third kappa shape index (κ3) is 8.52. The van der Waals surface area contributed by atoms with Crippen molar-refractivity contribution in [2.24, 2.45) is 0 Å². The van der Waals surface area contributed by atoms with E-state index < -0.39 is 6.85 Å². The van der Waals surface area contributed by atoms with Crippen molar-refractivity contribution in [2.45, 2.75) is 84.9 Å². The van der Waals surface area contributed by atoms with E-state index in [0.717, 1.165) is 89.5 Å². The van der Waals surface area contributed by atoms with Crippen LogP contribution in [0.5, 0.6) is 11.5 Å². The van der Waals surface area contributed by atoms with Gasteiger partial charge < -0.3 is 0 Å². The number of aryl methyl sites for hydroxylation is 3. The second-order valence-electron chi connectivity index (χ2n) is 21.7. The summed E-state index contributed by atoms with van der Waals surface area (Å²) in [5, 5.41) is 2.17. The van der Waals surface area contributed by atoms with Crippen LogP contribution >= 0.6 is 0 Å². The molecule has 0 bridgehead atoms. The van der Waals surface area contributed by atoms with E-state index in [1.165, 1.54) is 34.2 Å². The van der Waals surface area contributed by atoms with Gasteiger partial charge in [0.25, 0.3) is 0 Å². The van der Waals surface area contributed by atoms with Gasteiger partial charge in [0.1, 0.15) is 0 Å². The fourth-order valence-electron chi connectivity index (χ4n) is 10.9. The minimum atomic E-state index is -2.37. The number of hydrogen-bond donors (Lipinski definition) is 0. The molecule has 6 heteroatoms. The number of ether oxygens (including phenoxy) is 1. The Balaban J connectivity index is 1.00. The number of aromatic nitrogens is 4. The van der Waals surface area contributed by atoms with Gasteiger partial charge in [-0.25, -0.2) is 0 Å². The van der Waals surface area contributed by atoms with E-state index in [9.17, 15) is 0 Å². The zero-order valence-electron chi connectivity index (χ0n) is 45.2. The predicted octanol–water partition coefficient (Wildman–Crippen LogP) is 17.6. The van der Waals surface area contributed by atoms with Gasteiger partial charge in [-0.1, -0.05) is 30.3 Å². The van der Waals surface area contributed by atoms with E-state index in [-0.39, 0.29) is 16.4 Å². The van der Waals surface area contributed by atoms with Crippen molar-refractivity contribution in [3.63, 3.8) is 0 Å². The van der Waals surface area contributed by atoms with Gasteiger partial charge >= 0.3 is 346 Å². The number of nitrogens with zero attached hydrogens (tertiary/aromatic N) is 4. The van der Waals surface area contributed by atoms with Gasteiger partial charge in [-0.2, -0.15) is 0 Å². The zero-order valence-corrected chi connectivity index (χ0v) is 44.5. The summed E-state index contributed by atoms with van der Waals surface area (Å²) in [4.78, 5) is 5.04. The zero-order chi connectivity index (χ0) is 52.7. The molecule has 0 atom stereocenters. The minimum absolute atomic E-state index is 0.0562. The van der Waals surface area contributed by atoms with Crippen molar-refractivity contribution >= 4 is 32.8 Å². The van der Waals surface area contributed by atoms with Gasteiger partial charge in [-0.05, 0) is 54.8 Å². The van der Waals surface area contributed by atoms with Crippen molar-refractivity contribution in [3.8, 4) is 62.1 Å². The smallest absolute Gasteiger partial charge is 0.0622 e. The molecule has 0 aliphatic heterocycles. The van der Waals surface area contributed by atoms with Crippen LogP contribution in [0.2, 0.25) is 0 Å². The Morgan fingerprint density at radius 3 is 1.75 bits per heavy atom. The monoisotopic (exact) mass is 1130 g/mol. The van der Waals surface area contributed by atoms with E-state index >= 15 is 0 Å². The Morgan fingerprint density at radius 1 is 0.493 bits per heavy atom. The molecule has 364 valence electrons. The summed E-state index contributed by atoms with van der Waals surface area (Å²) in [5.41, 5.74) is 17.7. The van der Waals surface area contributed by atoms with Crippen molar-refractivity contribution in [3.05, 3.63) is 220 Å². The van der Waals surface area contributed by atoms with Crippen LogP contribution < -0.4 is 4.74 Å². The normalized spacial score (nSPS) is 13.8. The Kier molecular flexibility index (Phi) is 10.8. The number of imidazole rings is 1. The van der Waals surface area contributed by atoms with Gasteiger partial charge in [0.15, 0.2) is 0 Å². The summed E-state index contributed by atoms with van der Waals surface area (Å²) < 4.78 is 40.9. The van der Waals surface area contributed by atoms with Crippen LogP contribution in [0.4, 0.5) is 0 Å². The van der Waals surface area contributed by atoms with Crippen molar-refractivity contribution in [1.29, 1.82) is 0 Å². The summed E-state index contributed by atoms with van der Waals surface area (Å²) in [7, 11) is 0. The van der Waals surface area contributed by atoms with Crippen molar-refractivity contribution in [2.75, 3.05) is 0 Å². The molecule has 3 aromatic heterocycles. The van der Waals surface area contributed by atoms with Crippen LogP contribution in [0.15, 0.2) is 188 Å². The quantitative estimate of drug-likeness (QED) is 0.152. The Bertz CT molecular complexity index is 4080. The molecule has 1 aliphatic rings. The number of pyridine rings is 1. The summed E-state index contributed by atoms with van der Waals surface area (Å²) >= 11 is 2.52. The number of rotatable bonds is 8. The Morgan fingerprint density at radius 2 is 1.08 bits per heavy atom. The molecule has 3 heterocycles. The van der Waals surface area contributed by atoms with Gasteiger partial charge in [0.05, 0.1) is 0 Å². The molecule has 0 N–H and O–H groups in total. The molecule has 0 radical (unpaired) electrons. The average Bonchev–Trinajstić information content (AvgIpc) is 4.04. The molecule has 0 fully saturated rings. The molecule has 8 aromatic carbocycles. The van der Waals surface area contributed by atoms with E-state index in [1.807, 2.05) is 42.5 Å². The summed E-state index contributed by atoms with van der Waals surface area (Å²) in [6.45, 7) is 11.4. The fraction of sp³-hybridized carbons (Fsp3) is 0.194. The van der Waals surface area contributed by atoms with Crippen LogP contribution in [-0.4, -0.2) is 18.7 Å². The first-order valence-corrected chi connectivity index (χ1v) is 26.6. The number of fused-ring (bicyclic) bond motifs is 5. The molecular weight excluding hydrogens is 1070 g/mol. The number of hydrogen-bond acceptors (Lipinski definition) is 2. The van der Waals surface area contributed by atoms with E-state index in [0.29, 0.717) is 22.9 Å². The standard InChI is InChI=1S/C67H60N4O.Pt/c1-44-34-64(68-42-59(44)46-22-12-9-13-23-46)71-62-38-48-25-15-14-24-47(48)37-58(62)57-33-32-54(41-63(57)71)72-53-27-18-26-52(40-53)69-43-70(61-31-17-16-30-60(61)69)65-55(45-20-10-8-11-21-45)28-19-29-56(65)49-35-50(66(2,3)4)39-51(36-49)67(5,6)7;/h8-13,16-23,26-42H,14-15,24-25H2,1-7H3;/i1D3;. The maximum absolute atomic E-state index is 8.69. The molecule has 1 aliphatic carbocycles. The van der Waals surface area contributed by atoms with Gasteiger partial charge in [-0.15, -0.1) is 0 Å². The van der Waals surface area contributed by atoms with Crippen LogP contribution in [0.25, 0.3) is 83.4 Å². The molecular formula is C67H60N4OPt. The molecule has 73 heavy (non-hydrogen) atoms. The summed E-state index contributed by atoms with van der Waals surface area (Å²) in [6.07, 6.45) is 6.09. The van der Waals surface area contributed by atoms with Crippen molar-refractivity contribution in [1.82, 2.24) is 18.7 Å². The first kappa shape index (κ1) is 43.3. The Labute approximate surface area is 444 Å². The second-order valence-corrected chi connectivity index (χ2v) is 22.7. The molecule has 0 saturated carbocycles. The molecule has 0 unspecified atom stereocenters. The van der Waals surface area contributed by atoms with Gasteiger partial charge in [-0.3, -0.25) is 0 Å². The summed E-state index contributed by atoms with van der Waals surface area (Å²) in [6, 6.07) is 64.0. The first-order valence-electron chi connectivity index (χ1n) is 27.0. The predicted molar refractivity (Wildman–Crippen MR) is 300 cm³/mol. The molecule has 5 nitrogen and oxygen atoms in total. The average molecular weight is 1140 g/mol. The SMILES string of the molecule is [2H]C([2H])([2H])c1cc(-n2c3cc(Oc4cccc(-n5[c](=[Pt])n(-c6c(-c7ccccc7)cccc6-c6cc(C(C)(C)C)cc(C(C)(C)C)c6)c6ccccc65)c4)ccc3c3cc4c(cc32)CCCC4)ncc1-c1ccccc1. The van der Waals surface area contributed by atoms with E-state index in [2.05, 4.69) is 208 Å². The van der Waals surface area contributed by atoms with Crippen LogP contribution in [0, 0.1) is 10.7 Å². The number of benzene rings is 8. The summed E-state index contributed by atoms with van der Waals surface area (Å²) in [5.74, 6) is 1.90. The number of para-hydroxylation sites is 3. The third-order valence-corrected chi connectivity index (χ3v) is 15.8. The molecule has 12 rings (SSSR count). The van der Waals surface area contributed by atoms with E-state index in [1.54, 1.807) is 12.3 Å². The van der Waals surface area contributed by atoms with Crippen LogP contribution in [-0.2, 0) is 43.0 Å². The van der Waals surface area contributed by atoms with Gasteiger partial charge in [0, 0.05) is 15.9 Å². The molecule has 0 spiro atoms. The molecule has 11 aromatic rings. The van der Waals surface area contributed by atoms with Crippen LogP contribution in [0.3, 0.4) is 0 Å². The fourth-order valence-corrected chi connectivity index (χ4v) is 12.0. The van der Waals surface area contributed by atoms with Crippen molar-refractivity contribution < 1.29 is 28.2 Å². The maximum atomic E-state index is 8.69. The Hall–Kier alpha value is -7.33. The molecule has 0 saturated heterocycles. The minimum Gasteiger partial charge on any atom is -0.0622 e. The third-order valence-electron chi connectivity index (χ3n) is 14.7. The topological polar surface area (TPSA) is 36.9 Å². The first-order chi connectivity index (χ1) is 36.5. The molecule has 0 amide bonds.